The quantitative estimate of drug-likeness (QED) is 0.691. The molecular formula is C23H27FN2O2. The van der Waals surface area contributed by atoms with E-state index in [0.717, 1.165) is 27.7 Å². The molecule has 0 saturated heterocycles. The van der Waals surface area contributed by atoms with Gasteiger partial charge in [0.25, 0.3) is 0 Å². The van der Waals surface area contributed by atoms with Crippen LogP contribution in [0.4, 0.5) is 4.39 Å². The monoisotopic (exact) mass is 382 g/mol. The van der Waals surface area contributed by atoms with Gasteiger partial charge in [-0.1, -0.05) is 58.0 Å². The van der Waals surface area contributed by atoms with Crippen molar-refractivity contribution in [3.8, 4) is 0 Å². The van der Waals surface area contributed by atoms with Crippen LogP contribution in [0.2, 0.25) is 0 Å². The van der Waals surface area contributed by atoms with Crippen LogP contribution in [0.3, 0.4) is 0 Å². The van der Waals surface area contributed by atoms with E-state index >= 15 is 0 Å². The average Bonchev–Trinajstić information content (AvgIpc) is 3.00. The van der Waals surface area contributed by atoms with E-state index in [2.05, 4.69) is 22.0 Å². The van der Waals surface area contributed by atoms with E-state index in [9.17, 15) is 14.3 Å². The van der Waals surface area contributed by atoms with Gasteiger partial charge in [0, 0.05) is 35.1 Å². The maximum atomic E-state index is 13.2. The Morgan fingerprint density at radius 1 is 1.18 bits per heavy atom. The first-order chi connectivity index (χ1) is 13.4. The van der Waals surface area contributed by atoms with Crippen molar-refractivity contribution in [2.24, 2.45) is 0 Å². The van der Waals surface area contributed by atoms with Crippen LogP contribution >= 0.6 is 0 Å². The summed E-state index contributed by atoms with van der Waals surface area (Å²) in [6.45, 7) is 9.06. The van der Waals surface area contributed by atoms with Crippen LogP contribution in [-0.4, -0.2) is 21.7 Å². The molecule has 28 heavy (non-hydrogen) atoms. The lowest BCUT2D eigenvalue weighted by atomic mass is 9.74. The predicted octanol–water partition coefficient (Wildman–Crippen LogP) is 4.69. The van der Waals surface area contributed by atoms with Gasteiger partial charge in [-0.15, -0.1) is 0 Å². The number of rotatable bonds is 3. The number of para-hydroxylation sites is 1. The van der Waals surface area contributed by atoms with Crippen LogP contribution < -0.4 is 5.32 Å². The van der Waals surface area contributed by atoms with Gasteiger partial charge in [-0.05, 0) is 29.3 Å². The second-order valence-electron chi connectivity index (χ2n) is 7.43. The average molecular weight is 382 g/mol. The zero-order valence-electron chi connectivity index (χ0n) is 16.8. The zero-order valence-corrected chi connectivity index (χ0v) is 16.8. The molecule has 1 aliphatic heterocycles. The highest BCUT2D eigenvalue weighted by atomic mass is 19.1. The molecule has 2 aromatic carbocycles. The summed E-state index contributed by atoms with van der Waals surface area (Å²) in [6, 6.07) is 14.0. The fourth-order valence-corrected chi connectivity index (χ4v) is 4.21. The number of aliphatic carboxylic acids is 1. The second kappa shape index (κ2) is 7.76. The number of aromatic nitrogens is 1. The minimum absolute atomic E-state index is 0.250. The Labute approximate surface area is 165 Å². The summed E-state index contributed by atoms with van der Waals surface area (Å²) in [5.74, 6) is -1.09. The molecule has 4 rings (SSSR count). The summed E-state index contributed by atoms with van der Waals surface area (Å²) in [4.78, 5) is 11.7. The molecule has 1 aromatic heterocycles. The molecule has 4 nitrogen and oxygen atoms in total. The van der Waals surface area contributed by atoms with Crippen molar-refractivity contribution in [3.63, 3.8) is 0 Å². The molecule has 0 radical (unpaired) electrons. The van der Waals surface area contributed by atoms with Gasteiger partial charge >= 0.3 is 5.97 Å². The number of carboxylic acids is 1. The fourth-order valence-electron chi connectivity index (χ4n) is 4.21. The van der Waals surface area contributed by atoms with Crippen LogP contribution in [0.25, 0.3) is 10.9 Å². The summed E-state index contributed by atoms with van der Waals surface area (Å²) in [5.41, 5.74) is 3.71. The van der Waals surface area contributed by atoms with Crippen LogP contribution in [0, 0.1) is 5.82 Å². The molecule has 1 aliphatic rings. The molecular weight excluding hydrogens is 355 g/mol. The number of benzene rings is 2. The van der Waals surface area contributed by atoms with Gasteiger partial charge in [-0.2, -0.15) is 0 Å². The molecule has 3 aromatic rings. The Morgan fingerprint density at radius 3 is 2.46 bits per heavy atom. The van der Waals surface area contributed by atoms with Crippen molar-refractivity contribution in [1.29, 1.82) is 0 Å². The molecule has 0 saturated carbocycles. The number of nitrogens with one attached hydrogen (secondary N) is 1. The van der Waals surface area contributed by atoms with Gasteiger partial charge in [0.2, 0.25) is 0 Å². The van der Waals surface area contributed by atoms with Crippen molar-refractivity contribution in [1.82, 2.24) is 9.88 Å². The Balaban J connectivity index is 0.00000109. The van der Waals surface area contributed by atoms with Crippen LogP contribution in [0.15, 0.2) is 48.5 Å². The Kier molecular flexibility index (Phi) is 5.57. The molecule has 5 heteroatoms. The Morgan fingerprint density at radius 2 is 1.82 bits per heavy atom. The van der Waals surface area contributed by atoms with Crippen LogP contribution in [-0.2, 0) is 23.3 Å². The number of carbonyl (C=O) groups is 1. The molecule has 148 valence electrons. The molecule has 0 amide bonds. The smallest absolute Gasteiger partial charge is 0.321 e. The van der Waals surface area contributed by atoms with Crippen LogP contribution in [0.5, 0.6) is 0 Å². The SMILES string of the molecule is CC.CC1(C)c2c(n(Cc3ccc(F)cc3)c3ccccc23)CNC1C(=O)O. The standard InChI is InChI=1S/C21H21FN2O2.C2H6/c1-21(2)18-15-5-3-4-6-16(15)24(12-13-7-9-14(22)10-8-13)17(18)11-23-19(21)20(25)26;1-2/h3-10,19,23H,11-12H2,1-2H3,(H,25,26);1-2H3. The van der Waals surface area contributed by atoms with E-state index < -0.39 is 17.4 Å². The summed E-state index contributed by atoms with van der Waals surface area (Å²) < 4.78 is 15.5. The number of carboxylic acid groups (broad SMARTS) is 1. The molecule has 2 heterocycles. The number of hydrogen-bond donors (Lipinski definition) is 2. The first kappa shape index (κ1) is 20.1. The van der Waals surface area contributed by atoms with Crippen molar-refractivity contribution < 1.29 is 14.3 Å². The third kappa shape index (κ3) is 3.31. The Bertz CT molecular complexity index is 990. The highest BCUT2D eigenvalue weighted by molar-refractivity contribution is 5.89. The first-order valence-corrected chi connectivity index (χ1v) is 9.71. The molecule has 1 unspecified atom stereocenters. The number of nitrogens with zero attached hydrogens (tertiary/aromatic N) is 1. The topological polar surface area (TPSA) is 54.3 Å². The van der Waals surface area contributed by atoms with Gasteiger partial charge in [0.15, 0.2) is 0 Å². The van der Waals surface area contributed by atoms with Gasteiger partial charge in [-0.25, -0.2) is 4.39 Å². The highest BCUT2D eigenvalue weighted by Gasteiger charge is 2.43. The molecule has 2 N–H and O–H groups in total. The minimum Gasteiger partial charge on any atom is -0.480 e. The summed E-state index contributed by atoms with van der Waals surface area (Å²) in [6.07, 6.45) is 0. The van der Waals surface area contributed by atoms with Gasteiger partial charge in [0.1, 0.15) is 11.9 Å². The summed E-state index contributed by atoms with van der Waals surface area (Å²) in [5, 5.41) is 13.9. The summed E-state index contributed by atoms with van der Waals surface area (Å²) in [7, 11) is 0. The molecule has 0 bridgehead atoms. The van der Waals surface area contributed by atoms with E-state index in [-0.39, 0.29) is 5.82 Å². The third-order valence-electron chi connectivity index (χ3n) is 5.42. The summed E-state index contributed by atoms with van der Waals surface area (Å²) >= 11 is 0. The molecule has 1 atom stereocenters. The van der Waals surface area contributed by atoms with E-state index in [4.69, 9.17) is 0 Å². The minimum atomic E-state index is -0.837. The lowest BCUT2D eigenvalue weighted by Crippen LogP contribution is -2.53. The number of fused-ring (bicyclic) bond motifs is 3. The number of halogens is 1. The largest absolute Gasteiger partial charge is 0.480 e. The van der Waals surface area contributed by atoms with Gasteiger partial charge in [-0.3, -0.25) is 10.1 Å². The lowest BCUT2D eigenvalue weighted by Gasteiger charge is -2.37. The molecule has 0 fully saturated rings. The normalized spacial score (nSPS) is 17.5. The van der Waals surface area contributed by atoms with Gasteiger partial charge < -0.3 is 9.67 Å². The Hall–Kier alpha value is -2.66. The van der Waals surface area contributed by atoms with E-state index in [1.165, 1.54) is 12.1 Å². The maximum Gasteiger partial charge on any atom is 0.321 e. The first-order valence-electron chi connectivity index (χ1n) is 9.71. The molecule has 0 spiro atoms. The van der Waals surface area contributed by atoms with Crippen molar-refractivity contribution in [2.45, 2.75) is 52.2 Å². The van der Waals surface area contributed by atoms with E-state index in [1.54, 1.807) is 12.1 Å². The lowest BCUT2D eigenvalue weighted by molar-refractivity contribution is -0.141. The third-order valence-corrected chi connectivity index (χ3v) is 5.42. The van der Waals surface area contributed by atoms with Crippen molar-refractivity contribution >= 4 is 16.9 Å². The number of hydrogen-bond acceptors (Lipinski definition) is 2. The zero-order chi connectivity index (χ0) is 20.5. The maximum absolute atomic E-state index is 13.2. The second-order valence-corrected chi connectivity index (χ2v) is 7.43. The highest BCUT2D eigenvalue weighted by Crippen LogP contribution is 2.41. The van der Waals surface area contributed by atoms with Gasteiger partial charge in [0.05, 0.1) is 0 Å². The van der Waals surface area contributed by atoms with E-state index in [1.807, 2.05) is 39.8 Å². The van der Waals surface area contributed by atoms with Crippen molar-refractivity contribution in [2.75, 3.05) is 0 Å². The predicted molar refractivity (Wildman–Crippen MR) is 110 cm³/mol. The van der Waals surface area contributed by atoms with Crippen LogP contribution in [0.1, 0.15) is 44.5 Å². The molecule has 0 aliphatic carbocycles. The van der Waals surface area contributed by atoms with E-state index in [0.29, 0.717) is 13.1 Å². The fraction of sp³-hybridized carbons (Fsp3) is 0.348. The van der Waals surface area contributed by atoms with Crippen molar-refractivity contribution in [3.05, 3.63) is 71.2 Å².